The number of sulfonamides is 1. The average molecular weight is 260 g/mol. The molecule has 1 aromatic rings. The molecule has 8 heteroatoms. The largest absolute Gasteiger partial charge is 0.479 e. The van der Waals surface area contributed by atoms with Gasteiger partial charge >= 0.3 is 5.97 Å². The zero-order chi connectivity index (χ0) is 12.9. The van der Waals surface area contributed by atoms with Crippen molar-refractivity contribution in [2.75, 3.05) is 19.1 Å². The highest BCUT2D eigenvalue weighted by molar-refractivity contribution is 7.89. The lowest BCUT2D eigenvalue weighted by atomic mass is 10.3. The molecule has 0 saturated heterocycles. The quantitative estimate of drug-likeness (QED) is 0.623. The number of carboxylic acid groups (broad SMARTS) is 1. The fraction of sp³-hybridized carbons (Fsp3) is 0.222. The molecule has 7 nitrogen and oxygen atoms in total. The fourth-order valence-electron chi connectivity index (χ4n) is 1.00. The van der Waals surface area contributed by atoms with Crippen molar-refractivity contribution in [1.82, 2.24) is 4.72 Å². The Morgan fingerprint density at radius 2 is 1.94 bits per heavy atom. The Hall–Kier alpha value is -1.64. The van der Waals surface area contributed by atoms with Crippen LogP contribution in [0.15, 0.2) is 29.2 Å². The summed E-state index contributed by atoms with van der Waals surface area (Å²) in [6.45, 7) is -0.490. The summed E-state index contributed by atoms with van der Waals surface area (Å²) in [6, 6.07) is 5.68. The third-order valence-electron chi connectivity index (χ3n) is 1.82. The maximum atomic E-state index is 11.4. The summed E-state index contributed by atoms with van der Waals surface area (Å²) in [5, 5.41) is 8.32. The first-order valence-electron chi connectivity index (χ1n) is 4.59. The van der Waals surface area contributed by atoms with Crippen molar-refractivity contribution in [1.29, 1.82) is 0 Å². The summed E-state index contributed by atoms with van der Waals surface area (Å²) in [5.41, 5.74) is 2.84. The molecule has 0 aliphatic carbocycles. The molecule has 1 rings (SSSR count). The zero-order valence-electron chi connectivity index (χ0n) is 9.00. The molecule has 0 aliphatic rings. The first kappa shape index (κ1) is 13.4. The Labute approximate surface area is 98.4 Å². The summed E-state index contributed by atoms with van der Waals surface area (Å²) in [4.78, 5) is 14.9. The maximum absolute atomic E-state index is 11.4. The predicted molar refractivity (Wildman–Crippen MR) is 59.9 cm³/mol. The van der Waals surface area contributed by atoms with Crippen LogP contribution in [0.25, 0.3) is 0 Å². The van der Waals surface area contributed by atoms with E-state index in [9.17, 15) is 13.2 Å². The van der Waals surface area contributed by atoms with Crippen LogP contribution in [0.1, 0.15) is 0 Å². The smallest absolute Gasteiger partial charge is 0.332 e. The third kappa shape index (κ3) is 4.02. The Bertz CT molecular complexity index is 483. The van der Waals surface area contributed by atoms with Crippen LogP contribution in [0, 0.1) is 0 Å². The molecule has 94 valence electrons. The summed E-state index contributed by atoms with van der Waals surface area (Å²) in [6.07, 6.45) is 0. The second-order valence-corrected chi connectivity index (χ2v) is 4.90. The molecule has 0 unspecified atom stereocenters. The van der Waals surface area contributed by atoms with Crippen molar-refractivity contribution in [3.63, 3.8) is 0 Å². The second kappa shape index (κ2) is 5.62. The van der Waals surface area contributed by atoms with Gasteiger partial charge in [0.25, 0.3) is 0 Å². The van der Waals surface area contributed by atoms with Gasteiger partial charge in [-0.3, -0.25) is 10.3 Å². The van der Waals surface area contributed by atoms with Gasteiger partial charge in [0, 0.05) is 0 Å². The van der Waals surface area contributed by atoms with Crippen LogP contribution >= 0.6 is 0 Å². The first-order valence-corrected chi connectivity index (χ1v) is 6.07. The van der Waals surface area contributed by atoms with Gasteiger partial charge < -0.3 is 5.11 Å². The summed E-state index contributed by atoms with van der Waals surface area (Å²) < 4.78 is 24.9. The van der Waals surface area contributed by atoms with E-state index in [-0.39, 0.29) is 4.90 Å². The van der Waals surface area contributed by atoms with Crippen LogP contribution in [-0.4, -0.2) is 33.1 Å². The molecular formula is C9H12N2O5S. The van der Waals surface area contributed by atoms with E-state index in [1.807, 2.05) is 0 Å². The van der Waals surface area contributed by atoms with Crippen molar-refractivity contribution in [3.05, 3.63) is 24.3 Å². The zero-order valence-corrected chi connectivity index (χ0v) is 9.82. The molecule has 1 aromatic carbocycles. The van der Waals surface area contributed by atoms with Gasteiger partial charge in [-0.1, -0.05) is 0 Å². The summed E-state index contributed by atoms with van der Waals surface area (Å²) in [5.74, 6) is -1.10. The van der Waals surface area contributed by atoms with E-state index in [4.69, 9.17) is 5.11 Å². The molecule has 17 heavy (non-hydrogen) atoms. The molecular weight excluding hydrogens is 248 g/mol. The van der Waals surface area contributed by atoms with Gasteiger partial charge in [-0.25, -0.2) is 17.9 Å². The molecule has 0 amide bonds. The minimum atomic E-state index is -3.46. The Morgan fingerprint density at radius 1 is 1.35 bits per heavy atom. The Kier molecular flexibility index (Phi) is 4.44. The number of carboxylic acids is 1. The molecule has 0 aromatic heterocycles. The molecule has 0 heterocycles. The average Bonchev–Trinajstić information content (AvgIpc) is 2.29. The third-order valence-corrected chi connectivity index (χ3v) is 3.25. The SMILES string of the molecule is CNS(=O)(=O)c1ccc(NOCC(=O)O)cc1. The van der Waals surface area contributed by atoms with E-state index >= 15 is 0 Å². The molecule has 0 radical (unpaired) electrons. The van der Waals surface area contributed by atoms with Gasteiger partial charge in [-0.05, 0) is 31.3 Å². The van der Waals surface area contributed by atoms with E-state index in [0.29, 0.717) is 5.69 Å². The molecule has 0 spiro atoms. The van der Waals surface area contributed by atoms with Gasteiger partial charge in [0.15, 0.2) is 6.61 Å². The number of aliphatic carboxylic acids is 1. The normalized spacial score (nSPS) is 11.1. The van der Waals surface area contributed by atoms with Crippen LogP contribution in [0.3, 0.4) is 0 Å². The van der Waals surface area contributed by atoms with Crippen molar-refractivity contribution in [2.24, 2.45) is 0 Å². The first-order chi connectivity index (χ1) is 7.95. The Morgan fingerprint density at radius 3 is 2.41 bits per heavy atom. The van der Waals surface area contributed by atoms with Crippen LogP contribution in [0.5, 0.6) is 0 Å². The summed E-state index contributed by atoms with van der Waals surface area (Å²) in [7, 11) is -2.14. The number of nitrogens with one attached hydrogen (secondary N) is 2. The van der Waals surface area contributed by atoms with Crippen LogP contribution < -0.4 is 10.2 Å². The topological polar surface area (TPSA) is 105 Å². The van der Waals surface area contributed by atoms with Gasteiger partial charge in [0.05, 0.1) is 10.6 Å². The maximum Gasteiger partial charge on any atom is 0.332 e. The standard InChI is InChI=1S/C9H12N2O5S/c1-10-17(14,15)8-4-2-7(3-5-8)11-16-6-9(12)13/h2-5,10-11H,6H2,1H3,(H,12,13). The van der Waals surface area contributed by atoms with Gasteiger partial charge in [-0.2, -0.15) is 0 Å². The number of carbonyl (C=O) groups is 1. The lowest BCUT2D eigenvalue weighted by molar-refractivity contribution is -0.141. The Balaban J connectivity index is 2.66. The number of anilines is 1. The number of benzene rings is 1. The van der Waals surface area contributed by atoms with E-state index in [2.05, 4.69) is 15.0 Å². The van der Waals surface area contributed by atoms with Crippen LogP contribution in [0.4, 0.5) is 5.69 Å². The van der Waals surface area contributed by atoms with Crippen LogP contribution in [-0.2, 0) is 19.7 Å². The molecule has 0 saturated carbocycles. The number of rotatable bonds is 6. The fourth-order valence-corrected chi connectivity index (χ4v) is 1.73. The highest BCUT2D eigenvalue weighted by Crippen LogP contribution is 2.13. The molecule has 0 fully saturated rings. The monoisotopic (exact) mass is 260 g/mol. The van der Waals surface area contributed by atoms with E-state index < -0.39 is 22.6 Å². The number of hydrogen-bond acceptors (Lipinski definition) is 5. The minimum Gasteiger partial charge on any atom is -0.479 e. The van der Waals surface area contributed by atoms with Gasteiger partial charge in [0.1, 0.15) is 0 Å². The number of hydrogen-bond donors (Lipinski definition) is 3. The van der Waals surface area contributed by atoms with E-state index in [1.54, 1.807) is 0 Å². The predicted octanol–water partition coefficient (Wildman–Crippen LogP) is 0.0228. The van der Waals surface area contributed by atoms with E-state index in [1.165, 1.54) is 31.3 Å². The lowest BCUT2D eigenvalue weighted by Crippen LogP contribution is -2.18. The van der Waals surface area contributed by atoms with Crippen molar-refractivity contribution in [3.8, 4) is 0 Å². The molecule has 0 atom stereocenters. The highest BCUT2D eigenvalue weighted by atomic mass is 32.2. The van der Waals surface area contributed by atoms with Crippen molar-refractivity contribution >= 4 is 21.7 Å². The van der Waals surface area contributed by atoms with Gasteiger partial charge in [0.2, 0.25) is 10.0 Å². The molecule has 0 bridgehead atoms. The van der Waals surface area contributed by atoms with E-state index in [0.717, 1.165) is 0 Å². The van der Waals surface area contributed by atoms with Crippen molar-refractivity contribution in [2.45, 2.75) is 4.90 Å². The molecule has 3 N–H and O–H groups in total. The van der Waals surface area contributed by atoms with Gasteiger partial charge in [-0.15, -0.1) is 0 Å². The summed E-state index contributed by atoms with van der Waals surface area (Å²) >= 11 is 0. The molecule has 0 aliphatic heterocycles. The highest BCUT2D eigenvalue weighted by Gasteiger charge is 2.10. The van der Waals surface area contributed by atoms with Crippen LogP contribution in [0.2, 0.25) is 0 Å². The van der Waals surface area contributed by atoms with Crippen molar-refractivity contribution < 1.29 is 23.2 Å². The second-order valence-electron chi connectivity index (χ2n) is 3.02. The minimum absolute atomic E-state index is 0.115. The lowest BCUT2D eigenvalue weighted by Gasteiger charge is -2.06.